The first-order valence-electron chi connectivity index (χ1n) is 10.9. The van der Waals surface area contributed by atoms with Crippen molar-refractivity contribution in [3.8, 4) is 0 Å². The summed E-state index contributed by atoms with van der Waals surface area (Å²) in [6.07, 6.45) is 2.54. The molecule has 2 atom stereocenters. The molecule has 4 nitrogen and oxygen atoms in total. The first-order chi connectivity index (χ1) is 15.0. The van der Waals surface area contributed by atoms with Crippen LogP contribution in [0.15, 0.2) is 48.5 Å². The van der Waals surface area contributed by atoms with Crippen LogP contribution in [0.1, 0.15) is 84.8 Å². The van der Waals surface area contributed by atoms with E-state index < -0.39 is 7.12 Å². The zero-order valence-electron chi connectivity index (χ0n) is 17.2. The molecule has 6 rings (SSSR count). The van der Waals surface area contributed by atoms with E-state index >= 15 is 0 Å². The van der Waals surface area contributed by atoms with Crippen LogP contribution < -0.4 is 5.46 Å². The standard InChI is InChI=1S/C26H21BO4/c1-2-15-16-7-8-23(27(30)31)24(15)20-10-13(16)9-14-11-21-22(12-19(14)20)26(29)18-6-4-3-5-17(18)25(21)28/h3-8,11-13,20,30-31H,2,9-10H2,1H3/t13-,20-/m0/s1. The maximum absolute atomic E-state index is 13.3. The molecule has 0 saturated heterocycles. The molecule has 0 radical (unpaired) electrons. The first kappa shape index (κ1) is 18.7. The Morgan fingerprint density at radius 3 is 2.23 bits per heavy atom. The minimum atomic E-state index is -1.54. The quantitative estimate of drug-likeness (QED) is 0.501. The summed E-state index contributed by atoms with van der Waals surface area (Å²) in [6.45, 7) is 2.10. The van der Waals surface area contributed by atoms with E-state index in [9.17, 15) is 19.6 Å². The maximum atomic E-state index is 13.3. The fraction of sp³-hybridized carbons (Fsp3) is 0.231. The molecule has 31 heavy (non-hydrogen) atoms. The SMILES string of the molecule is CCc1c2ccc(B(O)O)c1[C@H]1C[C@@H]2Cc2cc3c(cc21)C(=O)c1ccccc1C3=O. The van der Waals surface area contributed by atoms with Crippen LogP contribution in [0.3, 0.4) is 0 Å². The Bertz CT molecular complexity index is 1310. The van der Waals surface area contributed by atoms with Gasteiger partial charge in [0, 0.05) is 28.2 Å². The smallest absolute Gasteiger partial charge is 0.423 e. The van der Waals surface area contributed by atoms with Crippen molar-refractivity contribution in [2.24, 2.45) is 0 Å². The Morgan fingerprint density at radius 2 is 1.58 bits per heavy atom. The summed E-state index contributed by atoms with van der Waals surface area (Å²) in [7, 11) is -1.54. The highest BCUT2D eigenvalue weighted by Gasteiger charge is 2.41. The maximum Gasteiger partial charge on any atom is 0.488 e. The van der Waals surface area contributed by atoms with E-state index in [0.29, 0.717) is 33.6 Å². The van der Waals surface area contributed by atoms with Crippen LogP contribution in [0.25, 0.3) is 0 Å². The lowest BCUT2D eigenvalue weighted by Crippen LogP contribution is -2.39. The van der Waals surface area contributed by atoms with Crippen molar-refractivity contribution in [3.63, 3.8) is 0 Å². The Morgan fingerprint density at radius 1 is 0.903 bits per heavy atom. The normalized spacial score (nSPS) is 20.1. The molecule has 3 aromatic carbocycles. The predicted molar refractivity (Wildman–Crippen MR) is 118 cm³/mol. The van der Waals surface area contributed by atoms with E-state index in [0.717, 1.165) is 36.0 Å². The average molecular weight is 408 g/mol. The van der Waals surface area contributed by atoms with E-state index in [1.807, 2.05) is 24.3 Å². The van der Waals surface area contributed by atoms with Crippen LogP contribution >= 0.6 is 0 Å². The number of benzene rings is 3. The molecule has 0 saturated carbocycles. The third-order valence-corrected chi connectivity index (χ3v) is 7.39. The highest BCUT2D eigenvalue weighted by molar-refractivity contribution is 6.59. The van der Waals surface area contributed by atoms with E-state index in [2.05, 4.69) is 6.92 Å². The van der Waals surface area contributed by atoms with Crippen LogP contribution in [-0.4, -0.2) is 28.7 Å². The third kappa shape index (κ3) is 2.45. The molecule has 0 fully saturated rings. The molecule has 0 spiro atoms. The molecular weight excluding hydrogens is 387 g/mol. The summed E-state index contributed by atoms with van der Waals surface area (Å²) < 4.78 is 0. The molecule has 0 unspecified atom stereocenters. The van der Waals surface area contributed by atoms with Gasteiger partial charge in [0.05, 0.1) is 0 Å². The lowest BCUT2D eigenvalue weighted by molar-refractivity contribution is 0.0979. The number of carbonyl (C=O) groups excluding carboxylic acids is 2. The minimum Gasteiger partial charge on any atom is -0.423 e. The van der Waals surface area contributed by atoms with Gasteiger partial charge in [-0.25, -0.2) is 0 Å². The summed E-state index contributed by atoms with van der Waals surface area (Å²) in [6, 6.07) is 14.7. The lowest BCUT2D eigenvalue weighted by Gasteiger charge is -2.41. The van der Waals surface area contributed by atoms with Gasteiger partial charge in [0.1, 0.15) is 0 Å². The van der Waals surface area contributed by atoms with Crippen molar-refractivity contribution in [2.45, 2.75) is 38.0 Å². The van der Waals surface area contributed by atoms with E-state index in [4.69, 9.17) is 0 Å². The Kier molecular flexibility index (Phi) is 3.92. The molecule has 152 valence electrons. The number of rotatable bonds is 2. The monoisotopic (exact) mass is 408 g/mol. The van der Waals surface area contributed by atoms with Gasteiger partial charge in [-0.15, -0.1) is 0 Å². The molecule has 3 aliphatic rings. The topological polar surface area (TPSA) is 74.6 Å². The van der Waals surface area contributed by atoms with Gasteiger partial charge in [-0.2, -0.15) is 0 Å². The number of ketones is 2. The van der Waals surface area contributed by atoms with E-state index in [-0.39, 0.29) is 17.5 Å². The van der Waals surface area contributed by atoms with Crippen molar-refractivity contribution >= 4 is 24.1 Å². The van der Waals surface area contributed by atoms with Crippen LogP contribution in [0, 0.1) is 0 Å². The van der Waals surface area contributed by atoms with Crippen molar-refractivity contribution in [1.82, 2.24) is 0 Å². The second-order valence-corrected chi connectivity index (χ2v) is 8.85. The molecule has 3 aliphatic carbocycles. The van der Waals surface area contributed by atoms with Crippen molar-refractivity contribution < 1.29 is 19.6 Å². The van der Waals surface area contributed by atoms with E-state index in [1.54, 1.807) is 24.3 Å². The molecule has 0 aliphatic heterocycles. The van der Waals surface area contributed by atoms with Gasteiger partial charge < -0.3 is 10.0 Å². The second-order valence-electron chi connectivity index (χ2n) is 8.85. The largest absolute Gasteiger partial charge is 0.488 e. The fourth-order valence-corrected chi connectivity index (χ4v) is 6.09. The van der Waals surface area contributed by atoms with Crippen LogP contribution in [0.4, 0.5) is 0 Å². The average Bonchev–Trinajstić information content (AvgIpc) is 2.79. The van der Waals surface area contributed by atoms with Crippen LogP contribution in [-0.2, 0) is 12.8 Å². The Balaban J connectivity index is 1.59. The molecule has 0 amide bonds. The summed E-state index contributed by atoms with van der Waals surface area (Å²) >= 11 is 0. The van der Waals surface area contributed by atoms with Crippen molar-refractivity contribution in [3.05, 3.63) is 98.6 Å². The van der Waals surface area contributed by atoms with Gasteiger partial charge in [-0.1, -0.05) is 43.3 Å². The summed E-state index contributed by atoms with van der Waals surface area (Å²) in [4.78, 5) is 26.4. The Labute approximate surface area is 180 Å². The predicted octanol–water partition coefficient (Wildman–Crippen LogP) is 2.88. The number of hydrogen-bond acceptors (Lipinski definition) is 4. The molecule has 3 aromatic rings. The zero-order chi connectivity index (χ0) is 21.4. The molecule has 2 N–H and O–H groups in total. The first-order valence-corrected chi connectivity index (χ1v) is 10.9. The molecular formula is C26H21BO4. The summed E-state index contributed by atoms with van der Waals surface area (Å²) in [5.74, 6) is 0.130. The molecule has 0 aromatic heterocycles. The molecule has 4 bridgehead atoms. The van der Waals surface area contributed by atoms with Gasteiger partial charge in [-0.05, 0) is 70.6 Å². The van der Waals surface area contributed by atoms with Gasteiger partial charge in [0.2, 0.25) is 0 Å². The summed E-state index contributed by atoms with van der Waals surface area (Å²) in [5.41, 5.74) is 8.02. The molecule has 0 heterocycles. The summed E-state index contributed by atoms with van der Waals surface area (Å²) in [5, 5.41) is 20.1. The second kappa shape index (κ2) is 6.49. The highest BCUT2D eigenvalue weighted by Crippen LogP contribution is 2.50. The highest BCUT2D eigenvalue weighted by atomic mass is 16.4. The number of fused-ring (bicyclic) bond motifs is 10. The van der Waals surface area contributed by atoms with Crippen molar-refractivity contribution in [2.75, 3.05) is 0 Å². The zero-order valence-corrected chi connectivity index (χ0v) is 17.2. The van der Waals surface area contributed by atoms with Gasteiger partial charge in [-0.3, -0.25) is 9.59 Å². The number of hydrogen-bond donors (Lipinski definition) is 2. The number of carbonyl (C=O) groups is 2. The lowest BCUT2D eigenvalue weighted by atomic mass is 9.59. The van der Waals surface area contributed by atoms with Gasteiger partial charge >= 0.3 is 7.12 Å². The van der Waals surface area contributed by atoms with Crippen molar-refractivity contribution in [1.29, 1.82) is 0 Å². The molecule has 5 heteroatoms. The Hall–Kier alpha value is -3.02. The van der Waals surface area contributed by atoms with E-state index in [1.165, 1.54) is 11.1 Å². The van der Waals surface area contributed by atoms with Gasteiger partial charge in [0.15, 0.2) is 11.6 Å². The van der Waals surface area contributed by atoms with Gasteiger partial charge in [0.25, 0.3) is 0 Å². The minimum absolute atomic E-state index is 0.000396. The fourth-order valence-electron chi connectivity index (χ4n) is 6.09. The van der Waals surface area contributed by atoms with Crippen LogP contribution in [0.2, 0.25) is 0 Å². The van der Waals surface area contributed by atoms with Crippen LogP contribution in [0.5, 0.6) is 0 Å². The third-order valence-electron chi connectivity index (χ3n) is 7.39.